The van der Waals surface area contributed by atoms with E-state index in [0.717, 1.165) is 18.5 Å². The van der Waals surface area contributed by atoms with Gasteiger partial charge in [-0.2, -0.15) is 4.99 Å². The van der Waals surface area contributed by atoms with Crippen LogP contribution in [-0.4, -0.2) is 35.2 Å². The fraction of sp³-hybridized carbons (Fsp3) is 0.304. The Labute approximate surface area is 178 Å². The quantitative estimate of drug-likeness (QED) is 0.732. The van der Waals surface area contributed by atoms with Gasteiger partial charge in [-0.05, 0) is 63.1 Å². The maximum Gasteiger partial charge on any atom is 0.250 e. The van der Waals surface area contributed by atoms with E-state index in [4.69, 9.17) is 4.99 Å². The Balaban J connectivity index is 1.64. The van der Waals surface area contributed by atoms with Crippen LogP contribution in [0.1, 0.15) is 37.8 Å². The molecule has 2 N–H and O–H groups in total. The summed E-state index contributed by atoms with van der Waals surface area (Å²) in [5, 5.41) is 14.1. The van der Waals surface area contributed by atoms with Crippen LogP contribution in [0.15, 0.2) is 46.5 Å². The van der Waals surface area contributed by atoms with Gasteiger partial charge in [-0.1, -0.05) is 11.8 Å². The summed E-state index contributed by atoms with van der Waals surface area (Å²) >= 11 is 0. The van der Waals surface area contributed by atoms with E-state index in [0.29, 0.717) is 35.3 Å². The van der Waals surface area contributed by atoms with Crippen LogP contribution in [0.2, 0.25) is 0 Å². The normalized spacial score (nSPS) is 17.0. The van der Waals surface area contributed by atoms with Gasteiger partial charge in [0, 0.05) is 22.9 Å². The van der Waals surface area contributed by atoms with Crippen molar-refractivity contribution < 1.29 is 13.9 Å². The van der Waals surface area contributed by atoms with Crippen molar-refractivity contribution in [2.24, 2.45) is 10.1 Å². The number of nitrogens with zero attached hydrogens (tertiary/aromatic N) is 4. The van der Waals surface area contributed by atoms with Crippen molar-refractivity contribution in [3.63, 3.8) is 0 Å². The first-order chi connectivity index (χ1) is 14.8. The minimum absolute atomic E-state index is 0.119. The smallest absolute Gasteiger partial charge is 0.250 e. The number of anilines is 2. The number of hydrogen-bond donors (Lipinski definition) is 2. The van der Waals surface area contributed by atoms with Crippen LogP contribution in [0.5, 0.6) is 0 Å². The second kappa shape index (κ2) is 7.06. The molecule has 0 bridgehead atoms. The number of hydrazone groups is 1. The predicted molar refractivity (Wildman–Crippen MR) is 116 cm³/mol. The topological polar surface area (TPSA) is 63.5 Å². The monoisotopic (exact) mass is 421 g/mol. The summed E-state index contributed by atoms with van der Waals surface area (Å²) in [5.41, 5.74) is 4.16. The molecule has 1 saturated carbocycles. The Morgan fingerprint density at radius 2 is 1.97 bits per heavy atom. The predicted octanol–water partition coefficient (Wildman–Crippen LogP) is 3.15. The molecule has 5 rings (SSSR count). The zero-order chi connectivity index (χ0) is 21.8. The second-order valence-electron chi connectivity index (χ2n) is 8.36. The molecule has 0 unspecified atom stereocenters. The highest BCUT2D eigenvalue weighted by molar-refractivity contribution is 6.23. The van der Waals surface area contributed by atoms with Gasteiger partial charge >= 0.3 is 0 Å². The Bertz CT molecular complexity index is 1180. The molecule has 0 saturated heterocycles. The SMILES string of the molecule is CC(C)(O)C#Cc1cc(F)cc(N(C2=NC3=NNCN3c3ccc(F)cc32)C2CC2)c1. The van der Waals surface area contributed by atoms with Gasteiger partial charge in [-0.25, -0.2) is 8.78 Å². The minimum atomic E-state index is -1.19. The first-order valence-corrected chi connectivity index (χ1v) is 10.1. The lowest BCUT2D eigenvalue weighted by Crippen LogP contribution is -2.41. The molecule has 0 aromatic heterocycles. The molecule has 2 heterocycles. The molecular formula is C23H21F2N5O. The molecule has 6 nitrogen and oxygen atoms in total. The Hall–Kier alpha value is -3.44. The molecule has 31 heavy (non-hydrogen) atoms. The van der Waals surface area contributed by atoms with Crippen molar-refractivity contribution in [2.75, 3.05) is 16.5 Å². The van der Waals surface area contributed by atoms with Crippen LogP contribution in [0.3, 0.4) is 0 Å². The highest BCUT2D eigenvalue weighted by Gasteiger charge is 2.38. The van der Waals surface area contributed by atoms with Gasteiger partial charge in [0.05, 0.1) is 5.69 Å². The van der Waals surface area contributed by atoms with E-state index in [2.05, 4.69) is 22.4 Å². The summed E-state index contributed by atoms with van der Waals surface area (Å²) in [4.78, 5) is 8.51. The number of guanidine groups is 1. The lowest BCUT2D eigenvalue weighted by molar-refractivity contribution is 0.143. The third-order valence-corrected chi connectivity index (χ3v) is 5.16. The zero-order valence-electron chi connectivity index (χ0n) is 17.2. The molecule has 2 aliphatic heterocycles. The average molecular weight is 421 g/mol. The van der Waals surface area contributed by atoms with Gasteiger partial charge in [0.1, 0.15) is 29.7 Å². The third-order valence-electron chi connectivity index (χ3n) is 5.16. The number of fused-ring (bicyclic) bond motifs is 3. The average Bonchev–Trinajstić information content (AvgIpc) is 3.41. The third kappa shape index (κ3) is 3.84. The minimum Gasteiger partial charge on any atom is -0.378 e. The fourth-order valence-corrected chi connectivity index (χ4v) is 3.70. The number of rotatable bonds is 2. The van der Waals surface area contributed by atoms with Crippen molar-refractivity contribution in [3.8, 4) is 11.8 Å². The molecule has 2 aromatic rings. The zero-order valence-corrected chi connectivity index (χ0v) is 17.2. The number of amidine groups is 1. The van der Waals surface area contributed by atoms with Crippen molar-refractivity contribution >= 4 is 23.2 Å². The van der Waals surface area contributed by atoms with E-state index >= 15 is 0 Å². The van der Waals surface area contributed by atoms with Crippen LogP contribution >= 0.6 is 0 Å². The molecule has 158 valence electrons. The van der Waals surface area contributed by atoms with Gasteiger partial charge in [0.15, 0.2) is 0 Å². The largest absolute Gasteiger partial charge is 0.378 e. The number of halogens is 2. The molecule has 1 fully saturated rings. The van der Waals surface area contributed by atoms with E-state index in [1.165, 1.54) is 24.3 Å². The molecule has 8 heteroatoms. The Kier molecular flexibility index (Phi) is 4.45. The number of hydrogen-bond acceptors (Lipinski definition) is 6. The molecule has 2 aromatic carbocycles. The van der Waals surface area contributed by atoms with Crippen LogP contribution in [0, 0.1) is 23.5 Å². The van der Waals surface area contributed by atoms with Crippen molar-refractivity contribution in [2.45, 2.75) is 38.3 Å². The molecule has 0 radical (unpaired) electrons. The van der Waals surface area contributed by atoms with E-state index in [1.54, 1.807) is 26.0 Å². The summed E-state index contributed by atoms with van der Waals surface area (Å²) in [6.45, 7) is 3.59. The van der Waals surface area contributed by atoms with Gasteiger partial charge in [-0.3, -0.25) is 10.3 Å². The van der Waals surface area contributed by atoms with Crippen LogP contribution in [-0.2, 0) is 0 Å². The summed E-state index contributed by atoms with van der Waals surface area (Å²) in [5.74, 6) is 5.76. The summed E-state index contributed by atoms with van der Waals surface area (Å²) in [6, 6.07) is 9.21. The van der Waals surface area contributed by atoms with Crippen LogP contribution < -0.4 is 15.2 Å². The summed E-state index contributed by atoms with van der Waals surface area (Å²) < 4.78 is 28.7. The highest BCUT2D eigenvalue weighted by atomic mass is 19.1. The first-order valence-electron chi connectivity index (χ1n) is 10.1. The summed E-state index contributed by atoms with van der Waals surface area (Å²) in [6.07, 6.45) is 1.83. The standard InChI is InChI=1S/C23H21F2N5O/c1-23(2,31)8-7-14-9-16(25)11-18(10-14)30(17-4-5-17)21-19-12-15(24)3-6-20(19)29-13-26-28-22(29)27-21/h3,6,9-12,17,26,31H,4-5,13H2,1-2H3. The maximum absolute atomic E-state index is 14.5. The molecule has 0 amide bonds. The first kappa shape index (κ1) is 19.5. The molecular weight excluding hydrogens is 400 g/mol. The Morgan fingerprint density at radius 3 is 2.71 bits per heavy atom. The summed E-state index contributed by atoms with van der Waals surface area (Å²) in [7, 11) is 0. The van der Waals surface area contributed by atoms with Crippen LogP contribution in [0.4, 0.5) is 20.2 Å². The van der Waals surface area contributed by atoms with Crippen molar-refractivity contribution in [1.82, 2.24) is 5.43 Å². The lowest BCUT2D eigenvalue weighted by atomic mass is 10.1. The van der Waals surface area contributed by atoms with Crippen molar-refractivity contribution in [3.05, 3.63) is 59.2 Å². The molecule has 0 atom stereocenters. The van der Waals surface area contributed by atoms with E-state index in [-0.39, 0.29) is 11.9 Å². The number of nitrogens with one attached hydrogen (secondary N) is 1. The Morgan fingerprint density at radius 1 is 1.16 bits per heavy atom. The number of aliphatic hydroxyl groups is 1. The van der Waals surface area contributed by atoms with Gasteiger partial charge < -0.3 is 10.0 Å². The fourth-order valence-electron chi connectivity index (χ4n) is 3.70. The second-order valence-corrected chi connectivity index (χ2v) is 8.36. The van der Waals surface area contributed by atoms with Crippen LogP contribution in [0.25, 0.3) is 0 Å². The van der Waals surface area contributed by atoms with E-state index < -0.39 is 11.4 Å². The van der Waals surface area contributed by atoms with E-state index in [9.17, 15) is 13.9 Å². The lowest BCUT2D eigenvalue weighted by Gasteiger charge is -2.33. The number of benzene rings is 2. The molecule has 3 aliphatic rings. The van der Waals surface area contributed by atoms with Gasteiger partial charge in [0.25, 0.3) is 5.96 Å². The highest BCUT2D eigenvalue weighted by Crippen LogP contribution is 2.38. The molecule has 1 aliphatic carbocycles. The number of aliphatic imine (C=N–C) groups is 1. The van der Waals surface area contributed by atoms with Crippen molar-refractivity contribution in [1.29, 1.82) is 0 Å². The van der Waals surface area contributed by atoms with Gasteiger partial charge in [-0.15, -0.1) is 5.10 Å². The van der Waals surface area contributed by atoms with E-state index in [1.807, 2.05) is 9.80 Å². The molecule has 0 spiro atoms. The van der Waals surface area contributed by atoms with Gasteiger partial charge in [0.2, 0.25) is 0 Å². The maximum atomic E-state index is 14.5.